The predicted octanol–water partition coefficient (Wildman–Crippen LogP) is 3.43. The maximum Gasteiger partial charge on any atom is 0.274 e. The monoisotopic (exact) mass is 260 g/mol. The van der Waals surface area contributed by atoms with E-state index in [-0.39, 0.29) is 16.7 Å². The van der Waals surface area contributed by atoms with Crippen LogP contribution in [0.15, 0.2) is 24.3 Å². The number of nitro groups is 1. The summed E-state index contributed by atoms with van der Waals surface area (Å²) in [5.41, 5.74) is 1.03. The topological polar surface area (TPSA) is 55.2 Å². The first kappa shape index (κ1) is 12.6. The van der Waals surface area contributed by atoms with E-state index in [1.807, 2.05) is 19.1 Å². The molecule has 102 valence electrons. The normalized spacial score (nSPS) is 20.5. The van der Waals surface area contributed by atoms with E-state index in [1.54, 1.807) is 12.1 Å². The molecule has 0 amide bonds. The van der Waals surface area contributed by atoms with Gasteiger partial charge in [0.2, 0.25) is 0 Å². The SMILES string of the molecule is CC(NC(C1CC1)C1CC1)c1ccccc1[N+](=O)[O-]. The highest BCUT2D eigenvalue weighted by molar-refractivity contribution is 5.41. The van der Waals surface area contributed by atoms with Crippen LogP contribution in [0, 0.1) is 22.0 Å². The molecule has 2 saturated carbocycles. The average molecular weight is 260 g/mol. The van der Waals surface area contributed by atoms with Gasteiger partial charge in [-0.05, 0) is 44.4 Å². The minimum atomic E-state index is -0.281. The number of nitrogens with one attached hydrogen (secondary N) is 1. The van der Waals surface area contributed by atoms with E-state index < -0.39 is 0 Å². The molecule has 1 atom stereocenters. The van der Waals surface area contributed by atoms with E-state index >= 15 is 0 Å². The number of para-hydroxylation sites is 1. The summed E-state index contributed by atoms with van der Waals surface area (Å²) in [4.78, 5) is 10.8. The summed E-state index contributed by atoms with van der Waals surface area (Å²) < 4.78 is 0. The number of benzene rings is 1. The van der Waals surface area contributed by atoms with Crippen LogP contribution in [0.5, 0.6) is 0 Å². The highest BCUT2D eigenvalue weighted by Gasteiger charge is 2.42. The molecule has 0 saturated heterocycles. The molecule has 1 unspecified atom stereocenters. The van der Waals surface area contributed by atoms with E-state index in [0.29, 0.717) is 6.04 Å². The molecule has 2 aliphatic rings. The van der Waals surface area contributed by atoms with Crippen LogP contribution in [0.25, 0.3) is 0 Å². The Morgan fingerprint density at radius 3 is 2.32 bits per heavy atom. The molecule has 0 heterocycles. The maximum absolute atomic E-state index is 11.1. The molecule has 1 N–H and O–H groups in total. The standard InChI is InChI=1S/C15H20N2O2/c1-10(13-4-2-3-5-14(13)17(18)19)16-15(11-6-7-11)12-8-9-12/h2-5,10-12,15-16H,6-9H2,1H3. The van der Waals surface area contributed by atoms with Gasteiger partial charge >= 0.3 is 0 Å². The molecule has 1 aromatic rings. The molecule has 0 radical (unpaired) electrons. The van der Waals surface area contributed by atoms with Crippen molar-refractivity contribution in [3.05, 3.63) is 39.9 Å². The fourth-order valence-corrected chi connectivity index (χ4v) is 2.97. The van der Waals surface area contributed by atoms with Crippen LogP contribution in [-0.4, -0.2) is 11.0 Å². The molecule has 4 nitrogen and oxygen atoms in total. The molecular formula is C15H20N2O2. The van der Waals surface area contributed by atoms with Crippen molar-refractivity contribution in [2.75, 3.05) is 0 Å². The highest BCUT2D eigenvalue weighted by Crippen LogP contribution is 2.45. The van der Waals surface area contributed by atoms with Crippen LogP contribution in [0.3, 0.4) is 0 Å². The van der Waals surface area contributed by atoms with Crippen molar-refractivity contribution >= 4 is 5.69 Å². The van der Waals surface area contributed by atoms with Gasteiger partial charge < -0.3 is 5.32 Å². The molecule has 3 rings (SSSR count). The molecule has 0 aromatic heterocycles. The number of hydrogen-bond acceptors (Lipinski definition) is 3. The summed E-state index contributed by atoms with van der Waals surface area (Å²) in [6, 6.07) is 7.68. The fraction of sp³-hybridized carbons (Fsp3) is 0.600. The quantitative estimate of drug-likeness (QED) is 0.629. The third-order valence-corrected chi connectivity index (χ3v) is 4.30. The third-order valence-electron chi connectivity index (χ3n) is 4.30. The van der Waals surface area contributed by atoms with E-state index in [9.17, 15) is 10.1 Å². The van der Waals surface area contributed by atoms with Crippen molar-refractivity contribution in [3.8, 4) is 0 Å². The zero-order valence-corrected chi connectivity index (χ0v) is 11.2. The second-order valence-electron chi connectivity index (χ2n) is 5.90. The van der Waals surface area contributed by atoms with E-state index in [4.69, 9.17) is 0 Å². The second kappa shape index (κ2) is 4.93. The lowest BCUT2D eigenvalue weighted by atomic mass is 10.0. The van der Waals surface area contributed by atoms with Gasteiger partial charge in [0, 0.05) is 23.7 Å². The van der Waals surface area contributed by atoms with Crippen molar-refractivity contribution in [1.82, 2.24) is 5.32 Å². The fourth-order valence-electron chi connectivity index (χ4n) is 2.97. The molecule has 2 aliphatic carbocycles. The summed E-state index contributed by atoms with van der Waals surface area (Å²) in [6.07, 6.45) is 5.27. The molecule has 0 spiro atoms. The van der Waals surface area contributed by atoms with Gasteiger partial charge in [0.25, 0.3) is 5.69 Å². The van der Waals surface area contributed by atoms with Gasteiger partial charge in [-0.25, -0.2) is 0 Å². The van der Waals surface area contributed by atoms with E-state index in [1.165, 1.54) is 25.7 Å². The average Bonchev–Trinajstić information content (AvgIpc) is 3.29. The predicted molar refractivity (Wildman–Crippen MR) is 73.9 cm³/mol. The number of nitrogens with zero attached hydrogens (tertiary/aromatic N) is 1. The van der Waals surface area contributed by atoms with Crippen molar-refractivity contribution in [3.63, 3.8) is 0 Å². The van der Waals surface area contributed by atoms with Crippen LogP contribution in [0.4, 0.5) is 5.69 Å². The molecular weight excluding hydrogens is 240 g/mol. The van der Waals surface area contributed by atoms with Crippen LogP contribution in [-0.2, 0) is 0 Å². The maximum atomic E-state index is 11.1. The largest absolute Gasteiger partial charge is 0.307 e. The lowest BCUT2D eigenvalue weighted by molar-refractivity contribution is -0.385. The van der Waals surface area contributed by atoms with Gasteiger partial charge in [0.1, 0.15) is 0 Å². The Balaban J connectivity index is 1.75. The summed E-state index contributed by atoms with van der Waals surface area (Å²) in [5, 5.41) is 14.7. The van der Waals surface area contributed by atoms with Gasteiger partial charge in [-0.3, -0.25) is 10.1 Å². The Kier molecular flexibility index (Phi) is 3.27. The van der Waals surface area contributed by atoms with Crippen molar-refractivity contribution in [1.29, 1.82) is 0 Å². The van der Waals surface area contributed by atoms with Crippen molar-refractivity contribution in [2.24, 2.45) is 11.8 Å². The highest BCUT2D eigenvalue weighted by atomic mass is 16.6. The van der Waals surface area contributed by atoms with Crippen molar-refractivity contribution < 1.29 is 4.92 Å². The van der Waals surface area contributed by atoms with Gasteiger partial charge in [0.15, 0.2) is 0 Å². The summed E-state index contributed by atoms with van der Waals surface area (Å²) >= 11 is 0. The second-order valence-corrected chi connectivity index (χ2v) is 5.90. The van der Waals surface area contributed by atoms with Gasteiger partial charge in [-0.2, -0.15) is 0 Å². The Labute approximate surface area is 113 Å². The Morgan fingerprint density at radius 2 is 1.79 bits per heavy atom. The molecule has 19 heavy (non-hydrogen) atoms. The number of rotatable bonds is 6. The van der Waals surface area contributed by atoms with Crippen LogP contribution >= 0.6 is 0 Å². The van der Waals surface area contributed by atoms with Gasteiger partial charge in [0.05, 0.1) is 4.92 Å². The first-order chi connectivity index (χ1) is 9.16. The smallest absolute Gasteiger partial charge is 0.274 e. The molecule has 0 aliphatic heterocycles. The molecule has 0 bridgehead atoms. The van der Waals surface area contributed by atoms with Gasteiger partial charge in [-0.15, -0.1) is 0 Å². The minimum Gasteiger partial charge on any atom is -0.307 e. The first-order valence-electron chi connectivity index (χ1n) is 7.16. The first-order valence-corrected chi connectivity index (χ1v) is 7.16. The minimum absolute atomic E-state index is 0.0489. The summed E-state index contributed by atoms with van der Waals surface area (Å²) in [6.45, 7) is 2.04. The molecule has 1 aromatic carbocycles. The Morgan fingerprint density at radius 1 is 1.21 bits per heavy atom. The summed E-state index contributed by atoms with van der Waals surface area (Å²) in [7, 11) is 0. The lowest BCUT2D eigenvalue weighted by Gasteiger charge is -2.23. The number of nitro benzene ring substituents is 1. The Bertz CT molecular complexity index is 469. The van der Waals surface area contributed by atoms with Crippen molar-refractivity contribution in [2.45, 2.75) is 44.7 Å². The molecule has 4 heteroatoms. The Hall–Kier alpha value is -1.42. The van der Waals surface area contributed by atoms with Gasteiger partial charge in [-0.1, -0.05) is 18.2 Å². The number of hydrogen-bond donors (Lipinski definition) is 1. The lowest BCUT2D eigenvalue weighted by Crippen LogP contribution is -2.35. The van der Waals surface area contributed by atoms with Crippen LogP contribution < -0.4 is 5.32 Å². The zero-order valence-electron chi connectivity index (χ0n) is 11.2. The molecule has 2 fully saturated rings. The summed E-state index contributed by atoms with van der Waals surface area (Å²) in [5.74, 6) is 1.61. The zero-order chi connectivity index (χ0) is 13.4. The third kappa shape index (κ3) is 2.78. The van der Waals surface area contributed by atoms with Crippen LogP contribution in [0.1, 0.15) is 44.2 Å². The van der Waals surface area contributed by atoms with E-state index in [2.05, 4.69) is 5.32 Å². The van der Waals surface area contributed by atoms with Crippen LogP contribution in [0.2, 0.25) is 0 Å². The van der Waals surface area contributed by atoms with E-state index in [0.717, 1.165) is 17.4 Å².